The number of halogens is 1. The predicted molar refractivity (Wildman–Crippen MR) is 130 cm³/mol. The second-order valence-electron chi connectivity index (χ2n) is 8.47. The van der Waals surface area contributed by atoms with Crippen molar-refractivity contribution in [2.24, 2.45) is 4.99 Å². The van der Waals surface area contributed by atoms with E-state index in [2.05, 4.69) is 39.9 Å². The fraction of sp³-hybridized carbons (Fsp3) is 0.696. The standard InChI is InChI=1S/C23H35N3O3.HI/c1-24-22(25-13-6-14-28-18-9-15-27-16-10-18)26-20-17-23(11-4-5-12-23)29-21-8-3-2-7-19(20)21;/h2-3,7-8,18,20H,4-6,9-17H2,1H3,(H2,24,25,26);1H. The fourth-order valence-corrected chi connectivity index (χ4v) is 4.80. The molecule has 0 aromatic heterocycles. The summed E-state index contributed by atoms with van der Waals surface area (Å²) in [4.78, 5) is 4.45. The van der Waals surface area contributed by atoms with E-state index in [1.54, 1.807) is 0 Å². The van der Waals surface area contributed by atoms with Gasteiger partial charge in [0.25, 0.3) is 0 Å². The van der Waals surface area contributed by atoms with Crippen LogP contribution in [0.25, 0.3) is 0 Å². The molecule has 1 aromatic carbocycles. The van der Waals surface area contributed by atoms with Gasteiger partial charge in [0, 0.05) is 45.4 Å². The van der Waals surface area contributed by atoms with E-state index >= 15 is 0 Å². The zero-order chi connectivity index (χ0) is 19.9. The number of benzene rings is 1. The van der Waals surface area contributed by atoms with Crippen molar-refractivity contribution in [1.82, 2.24) is 10.6 Å². The van der Waals surface area contributed by atoms with Crippen LogP contribution in [0.5, 0.6) is 5.75 Å². The Hall–Kier alpha value is -1.06. The Morgan fingerprint density at radius 3 is 2.73 bits per heavy atom. The van der Waals surface area contributed by atoms with Gasteiger partial charge in [0.1, 0.15) is 11.4 Å². The summed E-state index contributed by atoms with van der Waals surface area (Å²) in [5.74, 6) is 1.88. The molecule has 1 atom stereocenters. The number of para-hydroxylation sites is 1. The highest BCUT2D eigenvalue weighted by molar-refractivity contribution is 14.0. The number of guanidine groups is 1. The van der Waals surface area contributed by atoms with Crippen molar-refractivity contribution in [3.05, 3.63) is 29.8 Å². The molecular weight excluding hydrogens is 493 g/mol. The molecule has 1 aromatic rings. The van der Waals surface area contributed by atoms with E-state index in [4.69, 9.17) is 14.2 Å². The number of aliphatic imine (C=N–C) groups is 1. The lowest BCUT2D eigenvalue weighted by molar-refractivity contribution is -0.0320. The lowest BCUT2D eigenvalue weighted by atomic mass is 9.86. The van der Waals surface area contributed by atoms with Crippen LogP contribution in [0.3, 0.4) is 0 Å². The number of nitrogens with zero attached hydrogens (tertiary/aromatic N) is 1. The molecule has 168 valence electrons. The molecule has 2 fully saturated rings. The molecule has 1 saturated heterocycles. The molecule has 0 amide bonds. The molecule has 3 aliphatic rings. The summed E-state index contributed by atoms with van der Waals surface area (Å²) >= 11 is 0. The molecule has 2 heterocycles. The van der Waals surface area contributed by atoms with Gasteiger partial charge < -0.3 is 24.8 Å². The summed E-state index contributed by atoms with van der Waals surface area (Å²) in [7, 11) is 1.84. The first-order valence-corrected chi connectivity index (χ1v) is 11.2. The normalized spacial score (nSPS) is 23.4. The third-order valence-corrected chi connectivity index (χ3v) is 6.38. The third-order valence-electron chi connectivity index (χ3n) is 6.38. The van der Waals surface area contributed by atoms with Crippen molar-refractivity contribution in [2.45, 2.75) is 69.1 Å². The van der Waals surface area contributed by atoms with Crippen LogP contribution >= 0.6 is 24.0 Å². The average molecular weight is 529 g/mol. The van der Waals surface area contributed by atoms with E-state index in [9.17, 15) is 0 Å². The van der Waals surface area contributed by atoms with Crippen molar-refractivity contribution in [1.29, 1.82) is 0 Å². The van der Waals surface area contributed by atoms with E-state index in [0.717, 1.165) is 76.6 Å². The topological polar surface area (TPSA) is 64.1 Å². The maximum atomic E-state index is 6.47. The zero-order valence-corrected chi connectivity index (χ0v) is 20.4. The fourth-order valence-electron chi connectivity index (χ4n) is 4.80. The smallest absolute Gasteiger partial charge is 0.191 e. The molecule has 0 bridgehead atoms. The minimum absolute atomic E-state index is 0. The van der Waals surface area contributed by atoms with Gasteiger partial charge in [-0.25, -0.2) is 0 Å². The number of fused-ring (bicyclic) bond motifs is 1. The highest BCUT2D eigenvalue weighted by Crippen LogP contribution is 2.46. The second-order valence-corrected chi connectivity index (χ2v) is 8.47. The number of nitrogens with one attached hydrogen (secondary N) is 2. The quantitative estimate of drug-likeness (QED) is 0.251. The maximum Gasteiger partial charge on any atom is 0.191 e. The zero-order valence-electron chi connectivity index (χ0n) is 18.0. The van der Waals surface area contributed by atoms with E-state index in [0.29, 0.717) is 6.10 Å². The highest BCUT2D eigenvalue weighted by atomic mass is 127. The predicted octanol–water partition coefficient (Wildman–Crippen LogP) is 4.19. The lowest BCUT2D eigenvalue weighted by Gasteiger charge is -2.40. The van der Waals surface area contributed by atoms with Gasteiger partial charge in [0.15, 0.2) is 5.96 Å². The lowest BCUT2D eigenvalue weighted by Crippen LogP contribution is -2.46. The van der Waals surface area contributed by atoms with Gasteiger partial charge in [-0.2, -0.15) is 0 Å². The van der Waals surface area contributed by atoms with Gasteiger partial charge in [0.05, 0.1) is 12.1 Å². The maximum absolute atomic E-state index is 6.47. The first-order valence-electron chi connectivity index (χ1n) is 11.2. The van der Waals surface area contributed by atoms with Crippen LogP contribution < -0.4 is 15.4 Å². The minimum Gasteiger partial charge on any atom is -0.487 e. The summed E-state index contributed by atoms with van der Waals surface area (Å²) in [6.45, 7) is 3.28. The Bertz CT molecular complexity index is 688. The monoisotopic (exact) mass is 529 g/mol. The van der Waals surface area contributed by atoms with Crippen LogP contribution in [0, 0.1) is 0 Å². The molecule has 30 heavy (non-hydrogen) atoms. The van der Waals surface area contributed by atoms with E-state index in [1.807, 2.05) is 7.05 Å². The van der Waals surface area contributed by atoms with Crippen LogP contribution in [-0.4, -0.2) is 51.1 Å². The van der Waals surface area contributed by atoms with Gasteiger partial charge in [-0.1, -0.05) is 18.2 Å². The molecule has 4 rings (SSSR count). The van der Waals surface area contributed by atoms with E-state index < -0.39 is 0 Å². The molecule has 1 spiro atoms. The molecule has 1 unspecified atom stereocenters. The number of rotatable bonds is 6. The highest BCUT2D eigenvalue weighted by Gasteiger charge is 2.43. The van der Waals surface area contributed by atoms with Gasteiger partial charge in [-0.15, -0.1) is 24.0 Å². The van der Waals surface area contributed by atoms with Gasteiger partial charge >= 0.3 is 0 Å². The van der Waals surface area contributed by atoms with Crippen molar-refractivity contribution < 1.29 is 14.2 Å². The van der Waals surface area contributed by atoms with Crippen molar-refractivity contribution in [3.63, 3.8) is 0 Å². The van der Waals surface area contributed by atoms with Gasteiger partial charge in [-0.3, -0.25) is 4.99 Å². The molecule has 2 N–H and O–H groups in total. The van der Waals surface area contributed by atoms with Crippen LogP contribution in [0.2, 0.25) is 0 Å². The Kier molecular flexibility index (Phi) is 9.07. The number of ether oxygens (including phenoxy) is 3. The summed E-state index contributed by atoms with van der Waals surface area (Å²) in [6.07, 6.45) is 9.17. The Morgan fingerprint density at radius 1 is 1.20 bits per heavy atom. The molecule has 1 saturated carbocycles. The Labute approximate surface area is 197 Å². The number of hydrogen-bond donors (Lipinski definition) is 2. The molecule has 6 nitrogen and oxygen atoms in total. The SMILES string of the molecule is CN=C(NCCCOC1CCOCC1)NC1CC2(CCCC2)Oc2ccccc21.I. The van der Waals surface area contributed by atoms with Crippen molar-refractivity contribution >= 4 is 29.9 Å². The molecule has 7 heteroatoms. The van der Waals surface area contributed by atoms with Crippen molar-refractivity contribution in [3.8, 4) is 5.75 Å². The first kappa shape index (κ1) is 23.6. The van der Waals surface area contributed by atoms with Crippen LogP contribution in [0.4, 0.5) is 0 Å². The van der Waals surface area contributed by atoms with Crippen LogP contribution in [0.1, 0.15) is 63.0 Å². The summed E-state index contributed by atoms with van der Waals surface area (Å²) in [5, 5.41) is 7.11. The van der Waals surface area contributed by atoms with Crippen LogP contribution in [0.15, 0.2) is 29.3 Å². The Morgan fingerprint density at radius 2 is 1.97 bits per heavy atom. The summed E-state index contributed by atoms with van der Waals surface area (Å²) in [5.41, 5.74) is 1.22. The van der Waals surface area contributed by atoms with Crippen molar-refractivity contribution in [2.75, 3.05) is 33.4 Å². The third kappa shape index (κ3) is 6.01. The minimum atomic E-state index is -0.0115. The molecule has 1 aliphatic carbocycles. The van der Waals surface area contributed by atoms with Gasteiger partial charge in [-0.05, 0) is 51.0 Å². The van der Waals surface area contributed by atoms with Crippen LogP contribution in [-0.2, 0) is 9.47 Å². The van der Waals surface area contributed by atoms with E-state index in [-0.39, 0.29) is 35.6 Å². The van der Waals surface area contributed by atoms with Gasteiger partial charge in [0.2, 0.25) is 0 Å². The first-order chi connectivity index (χ1) is 14.3. The number of hydrogen-bond acceptors (Lipinski definition) is 4. The average Bonchev–Trinajstić information content (AvgIpc) is 3.20. The largest absolute Gasteiger partial charge is 0.487 e. The summed E-state index contributed by atoms with van der Waals surface area (Å²) in [6, 6.07) is 8.65. The molecule has 2 aliphatic heterocycles. The molecule has 0 radical (unpaired) electrons. The Balaban J connectivity index is 0.00000256. The van der Waals surface area contributed by atoms with E-state index in [1.165, 1.54) is 18.4 Å². The second kappa shape index (κ2) is 11.5. The molecular formula is C23H36IN3O3. The summed E-state index contributed by atoms with van der Waals surface area (Å²) < 4.78 is 17.8.